The number of carbonyl (C=O) groups excluding carboxylic acids is 1. The van der Waals surface area contributed by atoms with E-state index in [1.54, 1.807) is 55.5 Å². The summed E-state index contributed by atoms with van der Waals surface area (Å²) in [5, 5.41) is 22.2. The van der Waals surface area contributed by atoms with Gasteiger partial charge >= 0.3 is 0 Å². The standard InChI is InChI=1S/C18H17ClN2O3/c1-12(11-20)24-17-5-3-2-4-15(17)21-18(23)10-16(22)13-6-8-14(19)9-7-13/h2-9,12,16,22H,10H2,1H3,(H,21,23). The highest BCUT2D eigenvalue weighted by Gasteiger charge is 2.15. The van der Waals surface area contributed by atoms with Crippen LogP contribution in [0.4, 0.5) is 5.69 Å². The van der Waals surface area contributed by atoms with Crippen molar-refractivity contribution in [3.05, 3.63) is 59.1 Å². The van der Waals surface area contributed by atoms with Gasteiger partial charge in [-0.1, -0.05) is 35.9 Å². The molecular weight excluding hydrogens is 328 g/mol. The van der Waals surface area contributed by atoms with Gasteiger partial charge in [-0.25, -0.2) is 0 Å². The fourth-order valence-corrected chi connectivity index (χ4v) is 2.20. The van der Waals surface area contributed by atoms with Crippen molar-refractivity contribution in [3.8, 4) is 11.8 Å². The van der Waals surface area contributed by atoms with E-state index in [1.807, 2.05) is 6.07 Å². The highest BCUT2D eigenvalue weighted by atomic mass is 35.5. The average Bonchev–Trinajstić information content (AvgIpc) is 2.57. The maximum absolute atomic E-state index is 12.2. The molecule has 0 aliphatic heterocycles. The molecule has 0 aromatic heterocycles. The van der Waals surface area contributed by atoms with Crippen molar-refractivity contribution in [3.63, 3.8) is 0 Å². The summed E-state index contributed by atoms with van der Waals surface area (Å²) in [5.74, 6) is 0.0407. The predicted molar refractivity (Wildman–Crippen MR) is 91.8 cm³/mol. The lowest BCUT2D eigenvalue weighted by molar-refractivity contribution is -0.118. The molecule has 5 nitrogen and oxygen atoms in total. The maximum Gasteiger partial charge on any atom is 0.227 e. The number of nitrogens with zero attached hydrogens (tertiary/aromatic N) is 1. The molecule has 6 heteroatoms. The van der Waals surface area contributed by atoms with Gasteiger partial charge in [0, 0.05) is 5.02 Å². The first-order chi connectivity index (χ1) is 11.5. The molecule has 2 N–H and O–H groups in total. The summed E-state index contributed by atoms with van der Waals surface area (Å²) in [6.45, 7) is 1.61. The summed E-state index contributed by atoms with van der Waals surface area (Å²) in [6, 6.07) is 15.5. The molecule has 2 unspecified atom stereocenters. The van der Waals surface area contributed by atoms with Crippen LogP contribution in [-0.4, -0.2) is 17.1 Å². The highest BCUT2D eigenvalue weighted by molar-refractivity contribution is 6.30. The first kappa shape index (κ1) is 17.8. The van der Waals surface area contributed by atoms with Crippen molar-refractivity contribution < 1.29 is 14.6 Å². The number of hydrogen-bond donors (Lipinski definition) is 2. The van der Waals surface area contributed by atoms with E-state index in [9.17, 15) is 9.90 Å². The van der Waals surface area contributed by atoms with E-state index in [2.05, 4.69) is 5.32 Å². The molecule has 1 amide bonds. The van der Waals surface area contributed by atoms with Gasteiger partial charge < -0.3 is 15.2 Å². The zero-order valence-electron chi connectivity index (χ0n) is 13.1. The molecule has 0 spiro atoms. The summed E-state index contributed by atoms with van der Waals surface area (Å²) in [7, 11) is 0. The molecule has 24 heavy (non-hydrogen) atoms. The molecule has 124 valence electrons. The molecule has 2 aromatic rings. The van der Waals surface area contributed by atoms with Crippen LogP contribution >= 0.6 is 11.6 Å². The predicted octanol–water partition coefficient (Wildman–Crippen LogP) is 3.69. The second kappa shape index (κ2) is 8.34. The SMILES string of the molecule is CC(C#N)Oc1ccccc1NC(=O)CC(O)c1ccc(Cl)cc1. The van der Waals surface area contributed by atoms with Crippen molar-refractivity contribution in [2.75, 3.05) is 5.32 Å². The molecule has 0 bridgehead atoms. The maximum atomic E-state index is 12.2. The van der Waals surface area contributed by atoms with Gasteiger partial charge in [-0.2, -0.15) is 5.26 Å². The number of amides is 1. The van der Waals surface area contributed by atoms with Gasteiger partial charge in [0.15, 0.2) is 6.10 Å². The van der Waals surface area contributed by atoms with Crippen molar-refractivity contribution in [1.29, 1.82) is 5.26 Å². The third kappa shape index (κ3) is 4.98. The van der Waals surface area contributed by atoms with Gasteiger partial charge in [-0.05, 0) is 36.8 Å². The van der Waals surface area contributed by atoms with Gasteiger partial charge in [0.2, 0.25) is 5.91 Å². The van der Waals surface area contributed by atoms with Crippen molar-refractivity contribution in [2.24, 2.45) is 0 Å². The molecule has 0 radical (unpaired) electrons. The number of halogens is 1. The van der Waals surface area contributed by atoms with Crippen LogP contribution in [-0.2, 0) is 4.79 Å². The normalized spacial score (nSPS) is 12.8. The number of hydrogen-bond acceptors (Lipinski definition) is 4. The molecule has 2 aromatic carbocycles. The summed E-state index contributed by atoms with van der Waals surface area (Å²) in [4.78, 5) is 12.2. The Morgan fingerprint density at radius 3 is 2.62 bits per heavy atom. The van der Waals surface area contributed by atoms with E-state index in [0.717, 1.165) is 0 Å². The topological polar surface area (TPSA) is 82.3 Å². The number of aliphatic hydroxyl groups excluding tert-OH is 1. The van der Waals surface area contributed by atoms with Crippen LogP contribution in [0, 0.1) is 11.3 Å². The van der Waals surface area contributed by atoms with Crippen molar-refractivity contribution in [1.82, 2.24) is 0 Å². The van der Waals surface area contributed by atoms with E-state index in [4.69, 9.17) is 21.6 Å². The van der Waals surface area contributed by atoms with Crippen molar-refractivity contribution in [2.45, 2.75) is 25.6 Å². The van der Waals surface area contributed by atoms with Gasteiger partial charge in [0.05, 0.1) is 18.2 Å². The smallest absolute Gasteiger partial charge is 0.227 e. The molecule has 2 atom stereocenters. The van der Waals surface area contributed by atoms with Crippen LogP contribution in [0.25, 0.3) is 0 Å². The quantitative estimate of drug-likeness (QED) is 0.837. The molecule has 0 aliphatic rings. The molecule has 2 rings (SSSR count). The summed E-state index contributed by atoms with van der Waals surface area (Å²) < 4.78 is 5.45. The van der Waals surface area contributed by atoms with E-state index >= 15 is 0 Å². The summed E-state index contributed by atoms with van der Waals surface area (Å²) >= 11 is 5.80. The molecular formula is C18H17ClN2O3. The Bertz CT molecular complexity index is 741. The third-order valence-electron chi connectivity index (χ3n) is 3.28. The van der Waals surface area contributed by atoms with Crippen molar-refractivity contribution >= 4 is 23.2 Å². The number of benzene rings is 2. The number of carbonyl (C=O) groups is 1. The van der Waals surface area contributed by atoms with E-state index in [-0.39, 0.29) is 12.3 Å². The highest BCUT2D eigenvalue weighted by Crippen LogP contribution is 2.26. The Morgan fingerprint density at radius 1 is 1.29 bits per heavy atom. The monoisotopic (exact) mass is 344 g/mol. The molecule has 0 saturated heterocycles. The Hall–Kier alpha value is -2.55. The second-order valence-corrected chi connectivity index (χ2v) is 5.64. The number of nitrogens with one attached hydrogen (secondary N) is 1. The summed E-state index contributed by atoms with van der Waals surface area (Å²) in [6.07, 6.45) is -1.68. The lowest BCUT2D eigenvalue weighted by atomic mass is 10.1. The minimum Gasteiger partial charge on any atom is -0.474 e. The van der Waals surface area contributed by atoms with E-state index in [0.29, 0.717) is 22.0 Å². The third-order valence-corrected chi connectivity index (χ3v) is 3.53. The Labute approximate surface area is 145 Å². The lowest BCUT2D eigenvalue weighted by Gasteiger charge is -2.15. The van der Waals surface area contributed by atoms with Gasteiger partial charge in [0.1, 0.15) is 11.8 Å². The van der Waals surface area contributed by atoms with Gasteiger partial charge in [-0.3, -0.25) is 4.79 Å². The second-order valence-electron chi connectivity index (χ2n) is 5.20. The first-order valence-electron chi connectivity index (χ1n) is 7.38. The minimum absolute atomic E-state index is 0.107. The Morgan fingerprint density at radius 2 is 1.96 bits per heavy atom. The minimum atomic E-state index is -0.937. The Balaban J connectivity index is 2.02. The van der Waals surface area contributed by atoms with E-state index in [1.165, 1.54) is 0 Å². The number of anilines is 1. The number of rotatable bonds is 6. The largest absolute Gasteiger partial charge is 0.474 e. The number of aliphatic hydroxyl groups is 1. The van der Waals surface area contributed by atoms with Crippen LogP contribution in [0.2, 0.25) is 5.02 Å². The number of ether oxygens (including phenoxy) is 1. The lowest BCUT2D eigenvalue weighted by Crippen LogP contribution is -2.17. The van der Waals surface area contributed by atoms with Gasteiger partial charge in [0.25, 0.3) is 0 Å². The Kier molecular flexibility index (Phi) is 6.19. The molecule has 0 saturated carbocycles. The molecule has 0 aliphatic carbocycles. The molecule has 0 heterocycles. The van der Waals surface area contributed by atoms with Gasteiger partial charge in [-0.15, -0.1) is 0 Å². The van der Waals surface area contributed by atoms with Crippen LogP contribution in [0.5, 0.6) is 5.75 Å². The number of para-hydroxylation sites is 2. The van der Waals surface area contributed by atoms with Crippen LogP contribution in [0.15, 0.2) is 48.5 Å². The fourth-order valence-electron chi connectivity index (χ4n) is 2.07. The van der Waals surface area contributed by atoms with Crippen LogP contribution in [0.1, 0.15) is 25.0 Å². The zero-order chi connectivity index (χ0) is 17.5. The van der Waals surface area contributed by atoms with Crippen LogP contribution in [0.3, 0.4) is 0 Å². The van der Waals surface area contributed by atoms with Crippen LogP contribution < -0.4 is 10.1 Å². The number of nitriles is 1. The summed E-state index contributed by atoms with van der Waals surface area (Å²) in [5.41, 5.74) is 1.06. The fraction of sp³-hybridized carbons (Fsp3) is 0.222. The van der Waals surface area contributed by atoms with E-state index < -0.39 is 12.2 Å². The zero-order valence-corrected chi connectivity index (χ0v) is 13.8. The molecule has 0 fully saturated rings. The first-order valence-corrected chi connectivity index (χ1v) is 7.76. The average molecular weight is 345 g/mol.